The van der Waals surface area contributed by atoms with E-state index >= 15 is 0 Å². The summed E-state index contributed by atoms with van der Waals surface area (Å²) in [7, 11) is 0. The highest BCUT2D eigenvalue weighted by atomic mass is 35.5. The highest BCUT2D eigenvalue weighted by Crippen LogP contribution is 2.21. The maximum absolute atomic E-state index is 12.5. The number of rotatable bonds is 8. The van der Waals surface area contributed by atoms with E-state index in [-0.39, 0.29) is 6.03 Å². The van der Waals surface area contributed by atoms with Crippen LogP contribution >= 0.6 is 11.6 Å². The lowest BCUT2D eigenvalue weighted by atomic mass is 10.1. The largest absolute Gasteiger partial charge is 0.330 e. The zero-order valence-corrected chi connectivity index (χ0v) is 17.2. The van der Waals surface area contributed by atoms with Crippen molar-refractivity contribution in [1.82, 2.24) is 9.78 Å². The molecule has 2 amide bonds. The summed E-state index contributed by atoms with van der Waals surface area (Å²) in [5.74, 6) is 0.618. The van der Waals surface area contributed by atoms with E-state index < -0.39 is 0 Å². The normalized spacial score (nSPS) is 10.7. The molecule has 0 saturated carbocycles. The van der Waals surface area contributed by atoms with E-state index in [1.807, 2.05) is 30.3 Å². The monoisotopic (exact) mass is 411 g/mol. The Kier molecular flexibility index (Phi) is 7.27. The maximum Gasteiger partial charge on any atom is 0.324 e. The van der Waals surface area contributed by atoms with Gasteiger partial charge in [-0.3, -0.25) is 5.32 Å². The number of carbonyl (C=O) groups is 1. The van der Waals surface area contributed by atoms with Crippen LogP contribution < -0.4 is 16.4 Å². The second-order valence-corrected chi connectivity index (χ2v) is 7.27. The van der Waals surface area contributed by atoms with Crippen molar-refractivity contribution < 1.29 is 4.79 Å². The van der Waals surface area contributed by atoms with Crippen LogP contribution in [0.25, 0.3) is 5.69 Å². The van der Waals surface area contributed by atoms with Crippen molar-refractivity contribution in [2.45, 2.75) is 32.6 Å². The zero-order chi connectivity index (χ0) is 20.6. The van der Waals surface area contributed by atoms with Gasteiger partial charge in [0.25, 0.3) is 0 Å². The van der Waals surface area contributed by atoms with E-state index in [1.54, 1.807) is 28.9 Å². The van der Waals surface area contributed by atoms with Gasteiger partial charge >= 0.3 is 6.03 Å². The summed E-state index contributed by atoms with van der Waals surface area (Å²) in [5, 5.41) is 11.1. The molecule has 3 rings (SSSR count). The minimum atomic E-state index is -0.339. The van der Waals surface area contributed by atoms with Gasteiger partial charge in [0, 0.05) is 16.8 Å². The molecule has 4 N–H and O–H groups in total. The molecule has 0 aliphatic carbocycles. The quantitative estimate of drug-likeness (QED) is 0.486. The molecule has 0 saturated heterocycles. The standard InChI is InChI=1S/C22H26ClN5O/c1-2-3-6-19-15-21(26-22(29)25-18-10-8-17(23)9-11-18)28(27-19)20-7-4-5-16(14-20)12-13-24/h4-5,7-11,14-15H,2-3,6,12-13,24H2,1H3,(H2,25,26,29). The Bertz CT molecular complexity index is 952. The van der Waals surface area contributed by atoms with Crippen LogP contribution in [-0.2, 0) is 12.8 Å². The molecule has 152 valence electrons. The van der Waals surface area contributed by atoms with Crippen molar-refractivity contribution in [2.75, 3.05) is 17.2 Å². The lowest BCUT2D eigenvalue weighted by Gasteiger charge is -2.11. The minimum Gasteiger partial charge on any atom is -0.330 e. The molecule has 0 spiro atoms. The van der Waals surface area contributed by atoms with Gasteiger partial charge in [-0.2, -0.15) is 5.10 Å². The Hall–Kier alpha value is -2.83. The van der Waals surface area contributed by atoms with Crippen molar-refractivity contribution in [3.05, 3.63) is 70.9 Å². The number of benzene rings is 2. The Morgan fingerprint density at radius 1 is 1.10 bits per heavy atom. The molecule has 29 heavy (non-hydrogen) atoms. The molecular weight excluding hydrogens is 386 g/mol. The first-order valence-electron chi connectivity index (χ1n) is 9.81. The molecule has 7 heteroatoms. The van der Waals surface area contributed by atoms with Crippen LogP contribution in [0.5, 0.6) is 0 Å². The molecule has 3 aromatic rings. The zero-order valence-electron chi connectivity index (χ0n) is 16.5. The number of hydrogen-bond donors (Lipinski definition) is 3. The number of unbranched alkanes of at least 4 members (excludes halogenated alkanes) is 1. The molecule has 0 radical (unpaired) electrons. The van der Waals surface area contributed by atoms with Crippen LogP contribution in [0, 0.1) is 0 Å². The third kappa shape index (κ3) is 5.82. The summed E-state index contributed by atoms with van der Waals surface area (Å²) in [6.07, 6.45) is 3.77. The Balaban J connectivity index is 1.84. The number of carbonyl (C=O) groups excluding carboxylic acids is 1. The fourth-order valence-corrected chi connectivity index (χ4v) is 3.14. The summed E-state index contributed by atoms with van der Waals surface area (Å²) in [4.78, 5) is 12.5. The van der Waals surface area contributed by atoms with Crippen molar-refractivity contribution in [3.63, 3.8) is 0 Å². The number of nitrogens with two attached hydrogens (primary N) is 1. The molecule has 0 bridgehead atoms. The van der Waals surface area contributed by atoms with Gasteiger partial charge < -0.3 is 11.1 Å². The summed E-state index contributed by atoms with van der Waals surface area (Å²) >= 11 is 5.90. The maximum atomic E-state index is 12.5. The predicted molar refractivity (Wildman–Crippen MR) is 119 cm³/mol. The fourth-order valence-electron chi connectivity index (χ4n) is 3.02. The third-order valence-electron chi connectivity index (χ3n) is 4.48. The molecule has 0 aliphatic rings. The number of hydrogen-bond acceptors (Lipinski definition) is 3. The summed E-state index contributed by atoms with van der Waals surface area (Å²) < 4.78 is 1.77. The first-order valence-corrected chi connectivity index (χ1v) is 10.2. The second kappa shape index (κ2) is 10.1. The van der Waals surface area contributed by atoms with Crippen LogP contribution in [0.2, 0.25) is 5.02 Å². The van der Waals surface area contributed by atoms with Crippen LogP contribution in [0.15, 0.2) is 54.6 Å². The lowest BCUT2D eigenvalue weighted by molar-refractivity contribution is 0.262. The number of anilines is 2. The number of nitrogens with zero attached hydrogens (tertiary/aromatic N) is 2. The van der Waals surface area contributed by atoms with E-state index in [9.17, 15) is 4.79 Å². The summed E-state index contributed by atoms with van der Waals surface area (Å²) in [6.45, 7) is 2.73. The highest BCUT2D eigenvalue weighted by Gasteiger charge is 2.13. The second-order valence-electron chi connectivity index (χ2n) is 6.83. The average Bonchev–Trinajstić information content (AvgIpc) is 3.11. The van der Waals surface area contributed by atoms with Gasteiger partial charge in [-0.25, -0.2) is 9.48 Å². The number of aryl methyl sites for hydroxylation is 1. The number of aromatic nitrogens is 2. The van der Waals surface area contributed by atoms with Gasteiger partial charge in [0.1, 0.15) is 5.82 Å². The Labute approximate surface area is 176 Å². The van der Waals surface area contributed by atoms with Gasteiger partial charge in [-0.15, -0.1) is 0 Å². The number of halogens is 1. The molecule has 0 aliphatic heterocycles. The van der Waals surface area contributed by atoms with Gasteiger partial charge in [0.2, 0.25) is 0 Å². The van der Waals surface area contributed by atoms with Crippen molar-refractivity contribution >= 4 is 29.1 Å². The van der Waals surface area contributed by atoms with Crippen LogP contribution in [0.4, 0.5) is 16.3 Å². The van der Waals surface area contributed by atoms with Crippen molar-refractivity contribution in [3.8, 4) is 5.69 Å². The van der Waals surface area contributed by atoms with Crippen LogP contribution in [0.3, 0.4) is 0 Å². The molecule has 1 heterocycles. The Morgan fingerprint density at radius 3 is 2.62 bits per heavy atom. The smallest absolute Gasteiger partial charge is 0.324 e. The third-order valence-corrected chi connectivity index (χ3v) is 4.73. The lowest BCUT2D eigenvalue weighted by Crippen LogP contribution is -2.21. The predicted octanol–water partition coefficient (Wildman–Crippen LogP) is 5.01. The van der Waals surface area contributed by atoms with E-state index in [1.165, 1.54) is 0 Å². The summed E-state index contributed by atoms with van der Waals surface area (Å²) in [5.41, 5.74) is 9.32. The van der Waals surface area contributed by atoms with E-state index in [4.69, 9.17) is 22.4 Å². The van der Waals surface area contributed by atoms with E-state index in [0.717, 1.165) is 42.6 Å². The van der Waals surface area contributed by atoms with Crippen molar-refractivity contribution in [2.24, 2.45) is 5.73 Å². The minimum absolute atomic E-state index is 0.339. The van der Waals surface area contributed by atoms with Gasteiger partial charge in [0.05, 0.1) is 11.4 Å². The average molecular weight is 412 g/mol. The molecule has 1 aromatic heterocycles. The molecule has 0 atom stereocenters. The molecule has 6 nitrogen and oxygen atoms in total. The van der Waals surface area contributed by atoms with E-state index in [0.29, 0.717) is 23.1 Å². The topological polar surface area (TPSA) is 85.0 Å². The first kappa shape index (κ1) is 20.9. The summed E-state index contributed by atoms with van der Waals surface area (Å²) in [6, 6.07) is 16.6. The number of amides is 2. The number of urea groups is 1. The van der Waals surface area contributed by atoms with Gasteiger partial charge in [-0.05, 0) is 67.8 Å². The molecule has 0 unspecified atom stereocenters. The van der Waals surface area contributed by atoms with Gasteiger partial charge in [-0.1, -0.05) is 37.1 Å². The van der Waals surface area contributed by atoms with Crippen LogP contribution in [0.1, 0.15) is 31.0 Å². The molecule has 0 fully saturated rings. The number of nitrogens with one attached hydrogen (secondary N) is 2. The fraction of sp³-hybridized carbons (Fsp3) is 0.273. The highest BCUT2D eigenvalue weighted by molar-refractivity contribution is 6.30. The molecule has 2 aromatic carbocycles. The van der Waals surface area contributed by atoms with Gasteiger partial charge in [0.15, 0.2) is 0 Å². The van der Waals surface area contributed by atoms with E-state index in [2.05, 4.69) is 17.6 Å². The van der Waals surface area contributed by atoms with Crippen LogP contribution in [-0.4, -0.2) is 22.4 Å². The van der Waals surface area contributed by atoms with Crippen molar-refractivity contribution in [1.29, 1.82) is 0 Å². The Morgan fingerprint density at radius 2 is 1.90 bits per heavy atom. The SMILES string of the molecule is CCCCc1cc(NC(=O)Nc2ccc(Cl)cc2)n(-c2cccc(CCN)c2)n1. The first-order chi connectivity index (χ1) is 14.1. The molecular formula is C22H26ClN5O.